The van der Waals surface area contributed by atoms with E-state index in [9.17, 15) is 8.42 Å². The molecule has 0 radical (unpaired) electrons. The van der Waals surface area contributed by atoms with Gasteiger partial charge in [0.25, 0.3) is 0 Å². The van der Waals surface area contributed by atoms with Gasteiger partial charge in [0.1, 0.15) is 4.90 Å². The van der Waals surface area contributed by atoms with E-state index in [2.05, 4.69) is 10.8 Å². The standard InChI is InChI=1S/C14H19ClN2O2S/c15-12-6-7-13(16)14(10-12)20(18,19)17-9-8-11-4-2-1-3-5-11/h4,6-7,10,17H,1-3,5,8-9,16H2. The molecular formula is C14H19ClN2O2S. The third-order valence-electron chi connectivity index (χ3n) is 3.39. The average Bonchev–Trinajstić information content (AvgIpc) is 2.42. The molecule has 4 nitrogen and oxygen atoms in total. The van der Waals surface area contributed by atoms with Crippen LogP contribution in [0.1, 0.15) is 32.1 Å². The number of hydrogen-bond donors (Lipinski definition) is 2. The maximum absolute atomic E-state index is 12.2. The lowest BCUT2D eigenvalue weighted by Crippen LogP contribution is -2.26. The number of nitrogen functional groups attached to an aromatic ring is 1. The fourth-order valence-corrected chi connectivity index (χ4v) is 3.72. The van der Waals surface area contributed by atoms with Crippen LogP contribution < -0.4 is 10.5 Å². The number of anilines is 1. The Labute approximate surface area is 125 Å². The Morgan fingerprint density at radius 2 is 2.10 bits per heavy atom. The number of halogens is 1. The third kappa shape index (κ3) is 3.98. The summed E-state index contributed by atoms with van der Waals surface area (Å²) in [4.78, 5) is 0.0441. The third-order valence-corrected chi connectivity index (χ3v) is 5.14. The van der Waals surface area contributed by atoms with Crippen LogP contribution in [0.3, 0.4) is 0 Å². The number of sulfonamides is 1. The Bertz CT molecular complexity index is 612. The summed E-state index contributed by atoms with van der Waals surface area (Å²) in [5.41, 5.74) is 7.24. The lowest BCUT2D eigenvalue weighted by molar-refractivity contribution is 0.580. The average molecular weight is 315 g/mol. The van der Waals surface area contributed by atoms with Crippen molar-refractivity contribution in [1.82, 2.24) is 4.72 Å². The largest absolute Gasteiger partial charge is 0.398 e. The highest BCUT2D eigenvalue weighted by molar-refractivity contribution is 7.89. The fourth-order valence-electron chi connectivity index (χ4n) is 2.30. The van der Waals surface area contributed by atoms with Crippen LogP contribution in [0.5, 0.6) is 0 Å². The Balaban J connectivity index is 2.00. The fraction of sp³-hybridized carbons (Fsp3) is 0.429. The van der Waals surface area contributed by atoms with Gasteiger partial charge in [0, 0.05) is 11.6 Å². The summed E-state index contributed by atoms with van der Waals surface area (Å²) < 4.78 is 26.9. The molecule has 20 heavy (non-hydrogen) atoms. The monoisotopic (exact) mass is 314 g/mol. The first-order valence-corrected chi connectivity index (χ1v) is 8.58. The van der Waals surface area contributed by atoms with Gasteiger partial charge in [-0.3, -0.25) is 0 Å². The summed E-state index contributed by atoms with van der Waals surface area (Å²) in [6, 6.07) is 4.45. The van der Waals surface area contributed by atoms with Crippen molar-refractivity contribution in [2.24, 2.45) is 0 Å². The smallest absolute Gasteiger partial charge is 0.242 e. The van der Waals surface area contributed by atoms with Gasteiger partial charge >= 0.3 is 0 Å². The molecule has 0 atom stereocenters. The molecule has 1 aromatic carbocycles. The second-order valence-electron chi connectivity index (χ2n) is 4.94. The van der Waals surface area contributed by atoms with E-state index >= 15 is 0 Å². The van der Waals surface area contributed by atoms with Crippen LogP contribution in [0.2, 0.25) is 5.02 Å². The van der Waals surface area contributed by atoms with E-state index in [-0.39, 0.29) is 10.6 Å². The Morgan fingerprint density at radius 3 is 2.80 bits per heavy atom. The van der Waals surface area contributed by atoms with Crippen molar-refractivity contribution in [3.05, 3.63) is 34.9 Å². The minimum atomic E-state index is -3.60. The van der Waals surface area contributed by atoms with Crippen molar-refractivity contribution in [2.75, 3.05) is 12.3 Å². The molecule has 110 valence electrons. The predicted octanol–water partition coefficient (Wildman–Crippen LogP) is 3.09. The van der Waals surface area contributed by atoms with E-state index < -0.39 is 10.0 Å². The Morgan fingerprint density at radius 1 is 1.30 bits per heavy atom. The lowest BCUT2D eigenvalue weighted by Gasteiger charge is -2.13. The zero-order valence-electron chi connectivity index (χ0n) is 11.2. The lowest BCUT2D eigenvalue weighted by atomic mass is 9.97. The van der Waals surface area contributed by atoms with Crippen molar-refractivity contribution in [2.45, 2.75) is 37.0 Å². The van der Waals surface area contributed by atoms with E-state index in [1.54, 1.807) is 6.07 Å². The van der Waals surface area contributed by atoms with Gasteiger partial charge in [0.15, 0.2) is 0 Å². The van der Waals surface area contributed by atoms with Crippen molar-refractivity contribution >= 4 is 27.3 Å². The van der Waals surface area contributed by atoms with Gasteiger partial charge in [0.05, 0.1) is 5.69 Å². The summed E-state index contributed by atoms with van der Waals surface area (Å²) in [6.07, 6.45) is 7.56. The van der Waals surface area contributed by atoms with Crippen LogP contribution in [0.25, 0.3) is 0 Å². The molecule has 0 aliphatic heterocycles. The molecule has 1 aliphatic rings. The molecule has 0 heterocycles. The quantitative estimate of drug-likeness (QED) is 0.648. The summed E-state index contributed by atoms with van der Waals surface area (Å²) in [5, 5.41) is 0.356. The Hall–Kier alpha value is -1.04. The second kappa shape index (κ2) is 6.61. The maximum atomic E-state index is 12.2. The topological polar surface area (TPSA) is 72.2 Å². The minimum Gasteiger partial charge on any atom is -0.398 e. The summed E-state index contributed by atoms with van der Waals surface area (Å²) in [7, 11) is -3.60. The van der Waals surface area contributed by atoms with Gasteiger partial charge in [0.2, 0.25) is 10.0 Å². The zero-order valence-corrected chi connectivity index (χ0v) is 12.8. The summed E-state index contributed by atoms with van der Waals surface area (Å²) in [5.74, 6) is 0. The van der Waals surface area contributed by atoms with Crippen LogP contribution in [-0.4, -0.2) is 15.0 Å². The number of allylic oxidation sites excluding steroid dienone is 1. The van der Waals surface area contributed by atoms with Crippen molar-refractivity contribution in [3.63, 3.8) is 0 Å². The van der Waals surface area contributed by atoms with Crippen molar-refractivity contribution in [3.8, 4) is 0 Å². The molecule has 0 aromatic heterocycles. The highest BCUT2D eigenvalue weighted by Gasteiger charge is 2.17. The Kier molecular flexibility index (Phi) is 5.07. The minimum absolute atomic E-state index is 0.0441. The van der Waals surface area contributed by atoms with E-state index in [0.717, 1.165) is 19.3 Å². The van der Waals surface area contributed by atoms with Crippen molar-refractivity contribution < 1.29 is 8.42 Å². The molecule has 6 heteroatoms. The first-order valence-electron chi connectivity index (χ1n) is 6.71. The van der Waals surface area contributed by atoms with Crippen LogP contribution in [0.4, 0.5) is 5.69 Å². The zero-order chi connectivity index (χ0) is 14.6. The van der Waals surface area contributed by atoms with Gasteiger partial charge in [-0.15, -0.1) is 0 Å². The number of benzene rings is 1. The normalized spacial score (nSPS) is 15.9. The summed E-state index contributed by atoms with van der Waals surface area (Å²) >= 11 is 5.82. The highest BCUT2D eigenvalue weighted by atomic mass is 35.5. The number of nitrogens with two attached hydrogens (primary N) is 1. The molecule has 3 N–H and O–H groups in total. The van der Waals surface area contributed by atoms with E-state index in [1.807, 2.05) is 0 Å². The number of rotatable bonds is 5. The molecule has 0 amide bonds. The first-order chi connectivity index (χ1) is 9.49. The maximum Gasteiger partial charge on any atom is 0.242 e. The highest BCUT2D eigenvalue weighted by Crippen LogP contribution is 2.23. The van der Waals surface area contributed by atoms with Crippen molar-refractivity contribution in [1.29, 1.82) is 0 Å². The molecule has 0 bridgehead atoms. The molecule has 0 fully saturated rings. The van der Waals surface area contributed by atoms with Crippen LogP contribution in [0.15, 0.2) is 34.7 Å². The molecule has 0 saturated carbocycles. The summed E-state index contributed by atoms with van der Waals surface area (Å²) in [6.45, 7) is 0.389. The molecule has 0 spiro atoms. The van der Waals surface area contributed by atoms with Gasteiger partial charge in [-0.25, -0.2) is 13.1 Å². The second-order valence-corrected chi connectivity index (χ2v) is 7.11. The van der Waals surface area contributed by atoms with E-state index in [0.29, 0.717) is 11.6 Å². The van der Waals surface area contributed by atoms with E-state index in [4.69, 9.17) is 17.3 Å². The van der Waals surface area contributed by atoms with Crippen LogP contribution in [0, 0.1) is 0 Å². The number of nitrogens with one attached hydrogen (secondary N) is 1. The van der Waals surface area contributed by atoms with Gasteiger partial charge in [-0.05, 0) is 50.3 Å². The first kappa shape index (κ1) is 15.4. The predicted molar refractivity (Wildman–Crippen MR) is 82.2 cm³/mol. The van der Waals surface area contributed by atoms with E-state index in [1.165, 1.54) is 30.5 Å². The molecule has 0 saturated heterocycles. The van der Waals surface area contributed by atoms with Gasteiger partial charge in [-0.1, -0.05) is 23.3 Å². The van der Waals surface area contributed by atoms with Crippen LogP contribution in [-0.2, 0) is 10.0 Å². The van der Waals surface area contributed by atoms with Crippen LogP contribution >= 0.6 is 11.6 Å². The number of hydrogen-bond acceptors (Lipinski definition) is 3. The molecular weight excluding hydrogens is 296 g/mol. The van der Waals surface area contributed by atoms with Gasteiger partial charge < -0.3 is 5.73 Å². The molecule has 0 unspecified atom stereocenters. The molecule has 1 aromatic rings. The van der Waals surface area contributed by atoms with Gasteiger partial charge in [-0.2, -0.15) is 0 Å². The SMILES string of the molecule is Nc1ccc(Cl)cc1S(=O)(=O)NCCC1=CCCCC1. The molecule has 1 aliphatic carbocycles. The molecule has 2 rings (SSSR count).